The Morgan fingerprint density at radius 2 is 2.28 bits per heavy atom. The lowest BCUT2D eigenvalue weighted by Gasteiger charge is -2.12. The van der Waals surface area contributed by atoms with Crippen molar-refractivity contribution in [1.82, 2.24) is 14.7 Å². The molecule has 0 aliphatic carbocycles. The Balaban J connectivity index is 2.75. The van der Waals surface area contributed by atoms with Crippen molar-refractivity contribution in [2.75, 3.05) is 44.5 Å². The zero-order valence-electron chi connectivity index (χ0n) is 10.9. The van der Waals surface area contributed by atoms with Crippen LogP contribution in [0, 0.1) is 0 Å². The first-order chi connectivity index (χ1) is 8.56. The first kappa shape index (κ1) is 15.3. The molecule has 5 nitrogen and oxygen atoms in total. The van der Waals surface area contributed by atoms with Crippen molar-refractivity contribution in [2.24, 2.45) is 0 Å². The SMILES string of the molecule is CSCCNc1cnn(CCN(C)C)c(=O)c1Cl. The molecular formula is C11H19ClN4OS. The Kier molecular flexibility index (Phi) is 6.52. The van der Waals surface area contributed by atoms with Gasteiger partial charge in [0.2, 0.25) is 0 Å². The third kappa shape index (κ3) is 4.51. The van der Waals surface area contributed by atoms with Crippen LogP contribution < -0.4 is 10.9 Å². The second-order valence-corrected chi connectivity index (χ2v) is 5.49. The first-order valence-corrected chi connectivity index (χ1v) is 7.46. The number of nitrogens with one attached hydrogen (secondary N) is 1. The maximum absolute atomic E-state index is 11.9. The Morgan fingerprint density at radius 1 is 1.56 bits per heavy atom. The van der Waals surface area contributed by atoms with Crippen molar-refractivity contribution >= 4 is 29.1 Å². The van der Waals surface area contributed by atoms with Gasteiger partial charge in [0.1, 0.15) is 5.02 Å². The molecule has 0 aliphatic rings. The van der Waals surface area contributed by atoms with Crippen molar-refractivity contribution in [2.45, 2.75) is 6.54 Å². The summed E-state index contributed by atoms with van der Waals surface area (Å²) in [4.78, 5) is 13.9. The van der Waals surface area contributed by atoms with Gasteiger partial charge in [0.05, 0.1) is 18.4 Å². The molecule has 0 aliphatic heterocycles. The van der Waals surface area contributed by atoms with Crippen LogP contribution in [0.5, 0.6) is 0 Å². The number of halogens is 1. The van der Waals surface area contributed by atoms with Gasteiger partial charge in [-0.2, -0.15) is 16.9 Å². The molecule has 0 spiro atoms. The van der Waals surface area contributed by atoms with Crippen LogP contribution in [0.1, 0.15) is 0 Å². The summed E-state index contributed by atoms with van der Waals surface area (Å²) in [5, 5.41) is 7.43. The van der Waals surface area contributed by atoms with Crippen LogP contribution in [0.4, 0.5) is 5.69 Å². The molecule has 1 N–H and O–H groups in total. The van der Waals surface area contributed by atoms with E-state index in [-0.39, 0.29) is 10.6 Å². The smallest absolute Gasteiger partial charge is 0.287 e. The summed E-state index contributed by atoms with van der Waals surface area (Å²) in [6, 6.07) is 0. The summed E-state index contributed by atoms with van der Waals surface area (Å²) >= 11 is 7.77. The quantitative estimate of drug-likeness (QED) is 0.766. The number of hydrogen-bond acceptors (Lipinski definition) is 5. The van der Waals surface area contributed by atoms with Gasteiger partial charge < -0.3 is 10.2 Å². The topological polar surface area (TPSA) is 50.2 Å². The largest absolute Gasteiger partial charge is 0.382 e. The molecule has 0 saturated heterocycles. The predicted octanol–water partition coefficient (Wildman–Crippen LogP) is 1.23. The summed E-state index contributed by atoms with van der Waals surface area (Å²) in [6.07, 6.45) is 3.64. The number of anilines is 1. The van der Waals surface area contributed by atoms with E-state index in [1.807, 2.05) is 25.3 Å². The number of rotatable bonds is 7. The van der Waals surface area contributed by atoms with Gasteiger partial charge in [-0.15, -0.1) is 0 Å². The molecule has 1 rings (SSSR count). The summed E-state index contributed by atoms with van der Waals surface area (Å²) in [5.74, 6) is 0.958. The Labute approximate surface area is 117 Å². The van der Waals surface area contributed by atoms with Gasteiger partial charge in [0.15, 0.2) is 0 Å². The van der Waals surface area contributed by atoms with Crippen molar-refractivity contribution in [3.05, 3.63) is 21.6 Å². The van der Waals surface area contributed by atoms with Gasteiger partial charge in [-0.05, 0) is 20.4 Å². The van der Waals surface area contributed by atoms with Crippen molar-refractivity contribution in [3.8, 4) is 0 Å². The third-order valence-corrected chi connectivity index (χ3v) is 3.34. The molecule has 7 heteroatoms. The molecule has 1 aromatic heterocycles. The fourth-order valence-corrected chi connectivity index (χ4v) is 1.85. The van der Waals surface area contributed by atoms with E-state index in [0.29, 0.717) is 12.2 Å². The van der Waals surface area contributed by atoms with Crippen molar-refractivity contribution < 1.29 is 0 Å². The second kappa shape index (κ2) is 7.66. The van der Waals surface area contributed by atoms with Gasteiger partial charge >= 0.3 is 0 Å². The van der Waals surface area contributed by atoms with E-state index in [0.717, 1.165) is 18.8 Å². The van der Waals surface area contributed by atoms with E-state index in [9.17, 15) is 4.79 Å². The Hall–Kier alpha value is -0.720. The molecule has 0 amide bonds. The van der Waals surface area contributed by atoms with E-state index >= 15 is 0 Å². The lowest BCUT2D eigenvalue weighted by atomic mass is 10.4. The molecule has 0 radical (unpaired) electrons. The predicted molar refractivity (Wildman–Crippen MR) is 78.9 cm³/mol. The number of thioether (sulfide) groups is 1. The highest BCUT2D eigenvalue weighted by Crippen LogP contribution is 2.14. The second-order valence-electron chi connectivity index (χ2n) is 4.12. The molecule has 0 aromatic carbocycles. The van der Waals surface area contributed by atoms with Crippen molar-refractivity contribution in [1.29, 1.82) is 0 Å². The minimum atomic E-state index is -0.243. The van der Waals surface area contributed by atoms with Gasteiger partial charge in [-0.3, -0.25) is 4.79 Å². The highest BCUT2D eigenvalue weighted by Gasteiger charge is 2.08. The molecule has 0 saturated carbocycles. The fourth-order valence-electron chi connectivity index (χ4n) is 1.33. The minimum Gasteiger partial charge on any atom is -0.382 e. The molecule has 1 heterocycles. The Bertz CT molecular complexity index is 436. The third-order valence-electron chi connectivity index (χ3n) is 2.37. The molecule has 0 atom stereocenters. The molecule has 102 valence electrons. The summed E-state index contributed by atoms with van der Waals surface area (Å²) in [7, 11) is 3.90. The first-order valence-electron chi connectivity index (χ1n) is 5.69. The standard InChI is InChI=1S/C11H19ClN4OS/c1-15(2)5-6-16-11(17)10(12)9(8-14-16)13-4-7-18-3/h8,13H,4-7H2,1-3H3. The van der Waals surface area contributed by atoms with E-state index in [1.165, 1.54) is 4.68 Å². The van der Waals surface area contributed by atoms with Crippen LogP contribution >= 0.6 is 23.4 Å². The number of nitrogens with zero attached hydrogens (tertiary/aromatic N) is 3. The Morgan fingerprint density at radius 3 is 2.89 bits per heavy atom. The summed E-state index contributed by atoms with van der Waals surface area (Å²) in [6.45, 7) is 2.06. The van der Waals surface area contributed by atoms with E-state index in [2.05, 4.69) is 10.4 Å². The van der Waals surface area contributed by atoms with Crippen LogP contribution in [0.3, 0.4) is 0 Å². The number of likely N-dealkylation sites (N-methyl/N-ethyl adjacent to an activating group) is 1. The normalized spacial score (nSPS) is 10.9. The van der Waals surface area contributed by atoms with Gasteiger partial charge in [0, 0.05) is 18.8 Å². The van der Waals surface area contributed by atoms with E-state index in [1.54, 1.807) is 18.0 Å². The average Bonchev–Trinajstić information content (AvgIpc) is 2.33. The van der Waals surface area contributed by atoms with E-state index in [4.69, 9.17) is 11.6 Å². The fraction of sp³-hybridized carbons (Fsp3) is 0.636. The lowest BCUT2D eigenvalue weighted by molar-refractivity contribution is 0.367. The summed E-state index contributed by atoms with van der Waals surface area (Å²) < 4.78 is 1.39. The van der Waals surface area contributed by atoms with Crippen LogP contribution in [0.15, 0.2) is 11.0 Å². The molecule has 18 heavy (non-hydrogen) atoms. The van der Waals surface area contributed by atoms with Crippen LogP contribution in [-0.2, 0) is 6.54 Å². The van der Waals surface area contributed by atoms with E-state index < -0.39 is 0 Å². The maximum atomic E-state index is 11.9. The lowest BCUT2D eigenvalue weighted by Crippen LogP contribution is -2.29. The zero-order valence-corrected chi connectivity index (χ0v) is 12.5. The summed E-state index contributed by atoms with van der Waals surface area (Å²) in [5.41, 5.74) is 0.365. The van der Waals surface area contributed by atoms with Crippen LogP contribution in [0.2, 0.25) is 5.02 Å². The molecule has 1 aromatic rings. The van der Waals surface area contributed by atoms with Gasteiger partial charge in [0.25, 0.3) is 5.56 Å². The number of aromatic nitrogens is 2. The van der Waals surface area contributed by atoms with Crippen molar-refractivity contribution in [3.63, 3.8) is 0 Å². The maximum Gasteiger partial charge on any atom is 0.287 e. The van der Waals surface area contributed by atoms with Gasteiger partial charge in [-0.1, -0.05) is 11.6 Å². The van der Waals surface area contributed by atoms with Crippen LogP contribution in [-0.4, -0.2) is 53.9 Å². The zero-order chi connectivity index (χ0) is 13.5. The molecule has 0 bridgehead atoms. The monoisotopic (exact) mass is 290 g/mol. The van der Waals surface area contributed by atoms with Gasteiger partial charge in [-0.25, -0.2) is 4.68 Å². The highest BCUT2D eigenvalue weighted by molar-refractivity contribution is 7.98. The molecular weight excluding hydrogens is 272 g/mol. The minimum absolute atomic E-state index is 0.213. The molecule has 0 unspecified atom stereocenters. The highest BCUT2D eigenvalue weighted by atomic mass is 35.5. The number of hydrogen-bond donors (Lipinski definition) is 1. The average molecular weight is 291 g/mol. The van der Waals surface area contributed by atoms with Crippen LogP contribution in [0.25, 0.3) is 0 Å². The molecule has 0 fully saturated rings.